The van der Waals surface area contributed by atoms with Crippen LogP contribution in [0.5, 0.6) is 5.75 Å². The van der Waals surface area contributed by atoms with Crippen molar-refractivity contribution in [2.24, 2.45) is 0 Å². The Morgan fingerprint density at radius 1 is 0.718 bits per heavy atom. The van der Waals surface area contributed by atoms with Crippen molar-refractivity contribution < 1.29 is 14.3 Å². The van der Waals surface area contributed by atoms with Crippen LogP contribution in [-0.2, 0) is 4.79 Å². The van der Waals surface area contributed by atoms with Crippen molar-refractivity contribution in [2.75, 3.05) is 0 Å². The quantitative estimate of drug-likeness (QED) is 0.0755. The van der Waals surface area contributed by atoms with Crippen molar-refractivity contribution >= 4 is 35.1 Å². The van der Waals surface area contributed by atoms with E-state index in [2.05, 4.69) is 0 Å². The lowest BCUT2D eigenvalue weighted by Crippen LogP contribution is -2.27. The molecule has 39 heavy (non-hydrogen) atoms. The molecule has 0 aliphatic heterocycles. The van der Waals surface area contributed by atoms with E-state index in [0.29, 0.717) is 27.5 Å². The molecule has 6 nitrogen and oxygen atoms in total. The maximum atomic E-state index is 14.2. The second kappa shape index (κ2) is 11.5. The van der Waals surface area contributed by atoms with Gasteiger partial charge in [-0.2, -0.15) is 0 Å². The number of thioether (sulfide) groups is 1. The number of benzene rings is 4. The summed E-state index contributed by atoms with van der Waals surface area (Å²) in [4.78, 5) is 39.7. The minimum atomic E-state index is -0.539. The van der Waals surface area contributed by atoms with Crippen molar-refractivity contribution in [2.45, 2.75) is 11.9 Å². The van der Waals surface area contributed by atoms with Crippen LogP contribution in [0.25, 0.3) is 22.5 Å². The lowest BCUT2D eigenvalue weighted by Gasteiger charge is -2.21. The van der Waals surface area contributed by atoms with Crippen LogP contribution in [0.4, 0.5) is 0 Å². The molecular weight excluding hydrogens is 528 g/mol. The third-order valence-electron chi connectivity index (χ3n) is 5.86. The molecule has 0 saturated heterocycles. The molecule has 192 valence electrons. The van der Waals surface area contributed by atoms with Gasteiger partial charge in [-0.15, -0.1) is 0 Å². The molecule has 0 saturated carbocycles. The van der Waals surface area contributed by atoms with Gasteiger partial charge in [0.05, 0.1) is 16.8 Å². The second-order valence-corrected chi connectivity index (χ2v) is 9.78. The van der Waals surface area contributed by atoms with Gasteiger partial charge in [0.1, 0.15) is 10.8 Å². The average Bonchev–Trinajstić information content (AvgIpc) is 2.95. The number of hydrogen-bond acceptors (Lipinski definition) is 6. The predicted molar refractivity (Wildman–Crippen MR) is 156 cm³/mol. The summed E-state index contributed by atoms with van der Waals surface area (Å²) in [7, 11) is 0. The first-order valence-electron chi connectivity index (χ1n) is 12.0. The van der Waals surface area contributed by atoms with Crippen molar-refractivity contribution in [3.05, 3.63) is 136 Å². The molecule has 0 bridgehead atoms. The molecule has 1 aromatic heterocycles. The number of nitrogens with zero attached hydrogens (tertiary/aromatic N) is 2. The Hall–Kier alpha value is -4.53. The maximum Gasteiger partial charge on any atom is 0.308 e. The van der Waals surface area contributed by atoms with E-state index in [1.807, 2.05) is 91.0 Å². The third-order valence-corrected chi connectivity index (χ3v) is 7.21. The van der Waals surface area contributed by atoms with Crippen LogP contribution in [0.3, 0.4) is 0 Å². The first-order valence-corrected chi connectivity index (χ1v) is 13.3. The van der Waals surface area contributed by atoms with Crippen molar-refractivity contribution in [3.63, 3.8) is 0 Å². The van der Waals surface area contributed by atoms with Gasteiger partial charge < -0.3 is 4.74 Å². The van der Waals surface area contributed by atoms with E-state index in [4.69, 9.17) is 17.0 Å². The molecule has 0 unspecified atom stereocenters. The summed E-state index contributed by atoms with van der Waals surface area (Å²) < 4.78 is 8.72. The summed E-state index contributed by atoms with van der Waals surface area (Å²) in [5.41, 5.74) is 2.10. The Kier molecular flexibility index (Phi) is 7.67. The van der Waals surface area contributed by atoms with Gasteiger partial charge in [-0.05, 0) is 65.9 Å². The van der Waals surface area contributed by atoms with E-state index in [0.717, 1.165) is 11.8 Å². The number of carbonyl (C=O) groups excluding carboxylic acids is 2. The Labute approximate surface area is 234 Å². The molecule has 0 amide bonds. The van der Waals surface area contributed by atoms with Crippen LogP contribution in [0.1, 0.15) is 17.3 Å². The van der Waals surface area contributed by atoms with Gasteiger partial charge in [-0.25, -0.2) is 0 Å². The minimum absolute atomic E-state index is 0.145. The molecule has 5 rings (SSSR count). The zero-order valence-electron chi connectivity index (χ0n) is 20.8. The van der Waals surface area contributed by atoms with E-state index in [1.54, 1.807) is 28.8 Å². The largest absolute Gasteiger partial charge is 0.426 e. The standard InChI is InChI=1S/C31H22N2O4S2/c1-21(34)37-26-20-12-11-19-25(26)30(36)39-29-27(22-13-5-2-6-14-22)28(35)32(23-15-7-3-8-16-23)31(38)33(29)24-17-9-4-10-18-24/h2-20H,1H3. The number of para-hydroxylation sites is 3. The number of ether oxygens (including phenoxy) is 1. The third kappa shape index (κ3) is 5.38. The fraction of sp³-hybridized carbons (Fsp3) is 0.0323. The molecule has 1 heterocycles. The van der Waals surface area contributed by atoms with E-state index in [9.17, 15) is 14.4 Å². The van der Waals surface area contributed by atoms with E-state index in [1.165, 1.54) is 11.5 Å². The van der Waals surface area contributed by atoms with Gasteiger partial charge in [0.15, 0.2) is 4.77 Å². The zero-order chi connectivity index (χ0) is 27.4. The highest BCUT2D eigenvalue weighted by atomic mass is 32.2. The van der Waals surface area contributed by atoms with Crippen LogP contribution in [0.2, 0.25) is 0 Å². The highest BCUT2D eigenvalue weighted by molar-refractivity contribution is 8.14. The van der Waals surface area contributed by atoms with Crippen LogP contribution >= 0.6 is 24.0 Å². The van der Waals surface area contributed by atoms with Gasteiger partial charge >= 0.3 is 5.97 Å². The molecule has 0 spiro atoms. The van der Waals surface area contributed by atoms with E-state index < -0.39 is 11.1 Å². The highest BCUT2D eigenvalue weighted by Gasteiger charge is 2.25. The van der Waals surface area contributed by atoms with Gasteiger partial charge in [-0.3, -0.25) is 23.5 Å². The minimum Gasteiger partial charge on any atom is -0.426 e. The summed E-state index contributed by atoms with van der Waals surface area (Å²) in [6, 6.07) is 34.2. The van der Waals surface area contributed by atoms with Crippen molar-refractivity contribution in [3.8, 4) is 28.3 Å². The lowest BCUT2D eigenvalue weighted by atomic mass is 10.1. The first-order chi connectivity index (χ1) is 19.0. The first kappa shape index (κ1) is 26.1. The molecule has 0 radical (unpaired) electrons. The van der Waals surface area contributed by atoms with E-state index >= 15 is 0 Å². The van der Waals surface area contributed by atoms with Crippen LogP contribution in [0, 0.1) is 4.77 Å². The van der Waals surface area contributed by atoms with Gasteiger partial charge in [0.2, 0.25) is 5.12 Å². The number of aromatic nitrogens is 2. The fourth-order valence-corrected chi connectivity index (χ4v) is 5.66. The lowest BCUT2D eigenvalue weighted by molar-refractivity contribution is -0.131. The van der Waals surface area contributed by atoms with Crippen LogP contribution in [-0.4, -0.2) is 20.2 Å². The monoisotopic (exact) mass is 550 g/mol. The molecule has 0 N–H and O–H groups in total. The summed E-state index contributed by atoms with van der Waals surface area (Å²) in [5, 5.41) is -0.0443. The SMILES string of the molecule is CC(=O)Oc1ccccc1C(=O)Sc1c(-c2ccccc2)c(=O)n(-c2ccccc2)c(=S)n1-c1ccccc1. The zero-order valence-corrected chi connectivity index (χ0v) is 22.4. The highest BCUT2D eigenvalue weighted by Crippen LogP contribution is 2.35. The summed E-state index contributed by atoms with van der Waals surface area (Å²) in [5.74, 6) is -0.394. The number of rotatable bonds is 6. The van der Waals surface area contributed by atoms with E-state index in [-0.39, 0.29) is 21.6 Å². The fourth-order valence-electron chi connectivity index (χ4n) is 4.17. The number of hydrogen-bond donors (Lipinski definition) is 0. The molecule has 4 aromatic carbocycles. The van der Waals surface area contributed by atoms with Crippen molar-refractivity contribution in [1.29, 1.82) is 0 Å². The summed E-state index contributed by atoms with van der Waals surface area (Å²) >= 11 is 6.79. The summed E-state index contributed by atoms with van der Waals surface area (Å²) in [6.07, 6.45) is 0. The Balaban J connectivity index is 1.83. The van der Waals surface area contributed by atoms with Crippen LogP contribution in [0.15, 0.2) is 125 Å². The van der Waals surface area contributed by atoms with Gasteiger partial charge in [0, 0.05) is 12.6 Å². The summed E-state index contributed by atoms with van der Waals surface area (Å²) in [6.45, 7) is 1.28. The number of carbonyl (C=O) groups is 2. The van der Waals surface area contributed by atoms with Gasteiger partial charge in [-0.1, -0.05) is 78.9 Å². The molecule has 0 aliphatic rings. The molecular formula is C31H22N2O4S2. The van der Waals surface area contributed by atoms with Crippen LogP contribution < -0.4 is 10.3 Å². The topological polar surface area (TPSA) is 70.3 Å². The van der Waals surface area contributed by atoms with Crippen molar-refractivity contribution in [1.82, 2.24) is 9.13 Å². The molecule has 0 aliphatic carbocycles. The second-order valence-electron chi connectivity index (χ2n) is 8.46. The number of esters is 1. The Bertz CT molecular complexity index is 1710. The molecule has 8 heteroatoms. The normalized spacial score (nSPS) is 10.7. The average molecular weight is 551 g/mol. The molecule has 5 aromatic rings. The molecule has 0 atom stereocenters. The Morgan fingerprint density at radius 2 is 1.23 bits per heavy atom. The molecule has 0 fully saturated rings. The maximum absolute atomic E-state index is 14.2. The van der Waals surface area contributed by atoms with Gasteiger partial charge in [0.25, 0.3) is 5.56 Å². The smallest absolute Gasteiger partial charge is 0.308 e. The Morgan fingerprint density at radius 3 is 1.82 bits per heavy atom. The predicted octanol–water partition coefficient (Wildman–Crippen LogP) is 6.88.